The molecule has 96 valence electrons. The van der Waals surface area contributed by atoms with Gasteiger partial charge in [-0.15, -0.1) is 0 Å². The second-order valence-corrected chi connectivity index (χ2v) is 5.26. The number of rotatable bonds is 6. The fourth-order valence-corrected chi connectivity index (χ4v) is 2.48. The lowest BCUT2D eigenvalue weighted by Crippen LogP contribution is -2.39. The van der Waals surface area contributed by atoms with E-state index in [1.165, 1.54) is 19.3 Å². The van der Waals surface area contributed by atoms with Gasteiger partial charge >= 0.3 is 0 Å². The van der Waals surface area contributed by atoms with Crippen LogP contribution < -0.4 is 5.73 Å². The quantitative estimate of drug-likeness (QED) is 0.709. The molecule has 4 atom stereocenters. The van der Waals surface area contributed by atoms with E-state index in [1.807, 2.05) is 0 Å². The predicted octanol–water partition coefficient (Wildman–Crippen LogP) is 2.05. The molecule has 0 radical (unpaired) electrons. The third-order valence-electron chi connectivity index (χ3n) is 3.99. The van der Waals surface area contributed by atoms with E-state index in [9.17, 15) is 0 Å². The first-order chi connectivity index (χ1) is 7.65. The SMILES string of the molecule is COCCOCC(N)C1CCC(C)C(C)C1. The lowest BCUT2D eigenvalue weighted by atomic mass is 9.73. The van der Waals surface area contributed by atoms with Crippen molar-refractivity contribution in [1.29, 1.82) is 0 Å². The van der Waals surface area contributed by atoms with Crippen LogP contribution in [0.25, 0.3) is 0 Å². The van der Waals surface area contributed by atoms with Crippen molar-refractivity contribution in [2.45, 2.75) is 39.2 Å². The van der Waals surface area contributed by atoms with Crippen LogP contribution in [0.5, 0.6) is 0 Å². The first kappa shape index (κ1) is 13.9. The Balaban J connectivity index is 2.18. The Hall–Kier alpha value is -0.120. The first-order valence-corrected chi connectivity index (χ1v) is 6.47. The van der Waals surface area contributed by atoms with E-state index in [1.54, 1.807) is 7.11 Å². The lowest BCUT2D eigenvalue weighted by Gasteiger charge is -2.35. The molecule has 4 unspecified atom stereocenters. The Morgan fingerprint density at radius 1 is 1.19 bits per heavy atom. The number of hydrogen-bond acceptors (Lipinski definition) is 3. The molecule has 0 aromatic carbocycles. The summed E-state index contributed by atoms with van der Waals surface area (Å²) >= 11 is 0. The van der Waals surface area contributed by atoms with Crippen LogP contribution in [-0.4, -0.2) is 33.0 Å². The van der Waals surface area contributed by atoms with Crippen molar-refractivity contribution in [3.63, 3.8) is 0 Å². The number of ether oxygens (including phenoxy) is 2. The maximum atomic E-state index is 6.17. The molecule has 1 rings (SSSR count). The Labute approximate surface area is 99.7 Å². The molecule has 0 aromatic rings. The molecule has 1 aliphatic rings. The Morgan fingerprint density at radius 3 is 2.56 bits per heavy atom. The van der Waals surface area contributed by atoms with Gasteiger partial charge in [-0.25, -0.2) is 0 Å². The van der Waals surface area contributed by atoms with Crippen molar-refractivity contribution in [2.75, 3.05) is 26.9 Å². The number of hydrogen-bond donors (Lipinski definition) is 1. The molecule has 2 N–H and O–H groups in total. The average molecular weight is 229 g/mol. The van der Waals surface area contributed by atoms with Gasteiger partial charge in [0.15, 0.2) is 0 Å². The van der Waals surface area contributed by atoms with E-state index in [4.69, 9.17) is 15.2 Å². The van der Waals surface area contributed by atoms with E-state index in [0.29, 0.717) is 25.7 Å². The minimum Gasteiger partial charge on any atom is -0.382 e. The largest absolute Gasteiger partial charge is 0.382 e. The molecule has 0 saturated heterocycles. The average Bonchev–Trinajstić information content (AvgIpc) is 2.28. The van der Waals surface area contributed by atoms with Gasteiger partial charge in [-0.2, -0.15) is 0 Å². The van der Waals surface area contributed by atoms with Crippen LogP contribution in [-0.2, 0) is 9.47 Å². The van der Waals surface area contributed by atoms with Gasteiger partial charge in [0.05, 0.1) is 19.8 Å². The van der Waals surface area contributed by atoms with Crippen LogP contribution in [0.1, 0.15) is 33.1 Å². The summed E-state index contributed by atoms with van der Waals surface area (Å²) in [4.78, 5) is 0. The van der Waals surface area contributed by atoms with Gasteiger partial charge in [0.25, 0.3) is 0 Å². The number of methoxy groups -OCH3 is 1. The van der Waals surface area contributed by atoms with Crippen molar-refractivity contribution in [1.82, 2.24) is 0 Å². The van der Waals surface area contributed by atoms with E-state index >= 15 is 0 Å². The highest BCUT2D eigenvalue weighted by atomic mass is 16.5. The molecule has 0 aliphatic heterocycles. The first-order valence-electron chi connectivity index (χ1n) is 6.47. The third kappa shape index (κ3) is 4.40. The highest BCUT2D eigenvalue weighted by molar-refractivity contribution is 4.81. The summed E-state index contributed by atoms with van der Waals surface area (Å²) in [5.74, 6) is 2.32. The van der Waals surface area contributed by atoms with Gasteiger partial charge in [-0.1, -0.05) is 20.3 Å². The molecule has 1 fully saturated rings. The molecule has 0 spiro atoms. The predicted molar refractivity (Wildman–Crippen MR) is 66.3 cm³/mol. The van der Waals surface area contributed by atoms with E-state index in [-0.39, 0.29) is 6.04 Å². The van der Waals surface area contributed by atoms with Crippen molar-refractivity contribution >= 4 is 0 Å². The summed E-state index contributed by atoms with van der Waals surface area (Å²) < 4.78 is 10.4. The third-order valence-corrected chi connectivity index (χ3v) is 3.99. The van der Waals surface area contributed by atoms with Crippen LogP contribution in [0.4, 0.5) is 0 Å². The monoisotopic (exact) mass is 229 g/mol. The summed E-state index contributed by atoms with van der Waals surface area (Å²) in [6.45, 7) is 6.68. The van der Waals surface area contributed by atoms with Gasteiger partial charge in [-0.05, 0) is 30.6 Å². The molecule has 0 amide bonds. The maximum Gasteiger partial charge on any atom is 0.0701 e. The molecule has 0 heterocycles. The van der Waals surface area contributed by atoms with Crippen LogP contribution in [0, 0.1) is 17.8 Å². The highest BCUT2D eigenvalue weighted by Crippen LogP contribution is 2.34. The topological polar surface area (TPSA) is 44.5 Å². The van der Waals surface area contributed by atoms with Crippen molar-refractivity contribution < 1.29 is 9.47 Å². The normalized spacial score (nSPS) is 32.6. The van der Waals surface area contributed by atoms with E-state index in [0.717, 1.165) is 11.8 Å². The molecule has 3 nitrogen and oxygen atoms in total. The van der Waals surface area contributed by atoms with E-state index in [2.05, 4.69) is 13.8 Å². The lowest BCUT2D eigenvalue weighted by molar-refractivity contribution is 0.0470. The standard InChI is InChI=1S/C13H27NO2/c1-10-4-5-12(8-11(10)2)13(14)9-16-7-6-15-3/h10-13H,4-9,14H2,1-3H3. The van der Waals surface area contributed by atoms with Gasteiger partial charge in [0.1, 0.15) is 0 Å². The molecular formula is C13H27NO2. The zero-order valence-corrected chi connectivity index (χ0v) is 10.9. The fourth-order valence-electron chi connectivity index (χ4n) is 2.48. The zero-order chi connectivity index (χ0) is 12.0. The summed E-state index contributed by atoms with van der Waals surface area (Å²) in [5, 5.41) is 0. The molecule has 16 heavy (non-hydrogen) atoms. The van der Waals surface area contributed by atoms with E-state index < -0.39 is 0 Å². The minimum absolute atomic E-state index is 0.201. The number of nitrogens with two attached hydrogens (primary N) is 1. The molecule has 1 saturated carbocycles. The summed E-state index contributed by atoms with van der Waals surface area (Å²) in [6, 6.07) is 0.201. The smallest absolute Gasteiger partial charge is 0.0701 e. The summed E-state index contributed by atoms with van der Waals surface area (Å²) in [5.41, 5.74) is 6.17. The van der Waals surface area contributed by atoms with Crippen LogP contribution in [0.3, 0.4) is 0 Å². The molecule has 3 heteroatoms. The van der Waals surface area contributed by atoms with Crippen LogP contribution in [0.15, 0.2) is 0 Å². The Morgan fingerprint density at radius 2 is 1.94 bits per heavy atom. The van der Waals surface area contributed by atoms with Crippen LogP contribution >= 0.6 is 0 Å². The van der Waals surface area contributed by atoms with Gasteiger partial charge < -0.3 is 15.2 Å². The van der Waals surface area contributed by atoms with Crippen molar-refractivity contribution in [3.05, 3.63) is 0 Å². The second kappa shape index (κ2) is 7.25. The second-order valence-electron chi connectivity index (χ2n) is 5.26. The van der Waals surface area contributed by atoms with Gasteiger partial charge in [-0.3, -0.25) is 0 Å². The van der Waals surface area contributed by atoms with Crippen molar-refractivity contribution in [2.24, 2.45) is 23.5 Å². The van der Waals surface area contributed by atoms with Crippen molar-refractivity contribution in [3.8, 4) is 0 Å². The minimum atomic E-state index is 0.201. The Bertz CT molecular complexity index is 187. The van der Waals surface area contributed by atoms with Gasteiger partial charge in [0, 0.05) is 13.2 Å². The molecular weight excluding hydrogens is 202 g/mol. The fraction of sp³-hybridized carbons (Fsp3) is 1.00. The summed E-state index contributed by atoms with van der Waals surface area (Å²) in [7, 11) is 1.69. The Kier molecular flexibility index (Phi) is 6.32. The van der Waals surface area contributed by atoms with Gasteiger partial charge in [0.2, 0.25) is 0 Å². The maximum absolute atomic E-state index is 6.17. The zero-order valence-electron chi connectivity index (χ0n) is 10.9. The molecule has 0 aromatic heterocycles. The summed E-state index contributed by atoms with van der Waals surface area (Å²) in [6.07, 6.45) is 3.84. The highest BCUT2D eigenvalue weighted by Gasteiger charge is 2.28. The molecule has 1 aliphatic carbocycles. The molecule has 0 bridgehead atoms. The van der Waals surface area contributed by atoms with Crippen LogP contribution in [0.2, 0.25) is 0 Å².